The number of benzene rings is 1. The van der Waals surface area contributed by atoms with Crippen LogP contribution in [0.5, 0.6) is 0 Å². The van der Waals surface area contributed by atoms with Crippen molar-refractivity contribution < 1.29 is 0 Å². The molecule has 44 heavy (non-hydrogen) atoms. The molecule has 10 heteroatoms. The fourth-order valence-corrected chi connectivity index (χ4v) is 8.17. The quantitative estimate of drug-likeness (QED) is 0.166. The minimum Gasteiger partial charge on any atom is -0.373 e. The monoisotopic (exact) mass is 718 g/mol. The molecule has 4 aromatic heterocycles. The summed E-state index contributed by atoms with van der Waals surface area (Å²) in [7, 11) is 8.53. The normalized spacial score (nSPS) is 15.9. The first-order valence-electron chi connectivity index (χ1n) is 15.7. The Labute approximate surface area is 276 Å². The predicted molar refractivity (Wildman–Crippen MR) is 192 cm³/mol. The van der Waals surface area contributed by atoms with Gasteiger partial charge in [-0.3, -0.25) is 0 Å². The number of hydrogen-bond donors (Lipinski definition) is 0. The molecule has 2 aliphatic heterocycles. The van der Waals surface area contributed by atoms with Crippen LogP contribution >= 0.6 is 31.9 Å². The van der Waals surface area contributed by atoms with Gasteiger partial charge in [0.05, 0.1) is 11.4 Å². The van der Waals surface area contributed by atoms with Gasteiger partial charge in [0, 0.05) is 98.9 Å². The molecule has 230 valence electrons. The van der Waals surface area contributed by atoms with Crippen LogP contribution in [0.1, 0.15) is 38.5 Å². The van der Waals surface area contributed by atoms with E-state index in [4.69, 9.17) is 9.97 Å². The van der Waals surface area contributed by atoms with Crippen LogP contribution in [0.25, 0.3) is 33.2 Å². The van der Waals surface area contributed by atoms with Gasteiger partial charge in [-0.05, 0) is 94.7 Å². The molecule has 2 aliphatic rings. The fourth-order valence-electron chi connectivity index (χ4n) is 7.03. The lowest BCUT2D eigenvalue weighted by Crippen LogP contribution is -2.33. The molecule has 6 heterocycles. The summed E-state index contributed by atoms with van der Waals surface area (Å²) in [4.78, 5) is 20.7. The zero-order valence-electron chi connectivity index (χ0n) is 26.0. The number of fused-ring (bicyclic) bond motifs is 3. The van der Waals surface area contributed by atoms with Gasteiger partial charge in [-0.1, -0.05) is 0 Å². The van der Waals surface area contributed by atoms with E-state index in [2.05, 4.69) is 138 Å². The first kappa shape index (κ1) is 29.5. The summed E-state index contributed by atoms with van der Waals surface area (Å²) >= 11 is 8.21. The molecule has 0 N–H and O–H groups in total. The highest BCUT2D eigenvalue weighted by molar-refractivity contribution is 9.13. The van der Waals surface area contributed by atoms with Crippen molar-refractivity contribution in [1.29, 1.82) is 0 Å². The molecule has 0 radical (unpaired) electrons. The topological polar surface area (TPSA) is 48.6 Å². The van der Waals surface area contributed by atoms with Crippen LogP contribution in [0, 0.1) is 0 Å². The van der Waals surface area contributed by atoms with Crippen molar-refractivity contribution >= 4 is 76.7 Å². The summed E-state index contributed by atoms with van der Waals surface area (Å²) in [5, 5.41) is 2.11. The number of halogens is 2. The van der Waals surface area contributed by atoms with Crippen LogP contribution < -0.4 is 19.6 Å². The van der Waals surface area contributed by atoms with E-state index >= 15 is 0 Å². The van der Waals surface area contributed by atoms with Gasteiger partial charge in [0.2, 0.25) is 0 Å². The van der Waals surface area contributed by atoms with E-state index in [1.54, 1.807) is 0 Å². The highest BCUT2D eigenvalue weighted by Crippen LogP contribution is 2.50. The fraction of sp³-hybridized carbons (Fsp3) is 0.412. The number of rotatable bonds is 6. The van der Waals surface area contributed by atoms with Crippen molar-refractivity contribution in [1.82, 2.24) is 19.1 Å². The van der Waals surface area contributed by atoms with Gasteiger partial charge in [-0.15, -0.1) is 0 Å². The average molecular weight is 721 g/mol. The summed E-state index contributed by atoms with van der Waals surface area (Å²) in [5.41, 5.74) is 6.30. The van der Waals surface area contributed by atoms with E-state index in [1.807, 2.05) is 0 Å². The molecule has 5 aromatic rings. The van der Waals surface area contributed by atoms with Crippen molar-refractivity contribution in [3.8, 4) is 11.4 Å². The average Bonchev–Trinajstić information content (AvgIpc) is 3.78. The van der Waals surface area contributed by atoms with Crippen LogP contribution in [-0.4, -0.2) is 73.5 Å². The number of piperidine rings is 2. The number of nitrogens with zero attached hydrogens (tertiary/aromatic N) is 8. The second kappa shape index (κ2) is 11.9. The van der Waals surface area contributed by atoms with Gasteiger partial charge in [0.15, 0.2) is 11.6 Å². The van der Waals surface area contributed by atoms with Crippen LogP contribution in [0.2, 0.25) is 0 Å². The molecular formula is C34H40Br2N8. The lowest BCUT2D eigenvalue weighted by molar-refractivity contribution is 0.573. The maximum atomic E-state index is 5.62. The third-order valence-corrected chi connectivity index (χ3v) is 11.2. The van der Waals surface area contributed by atoms with E-state index in [0.717, 1.165) is 91.3 Å². The Bertz CT molecular complexity index is 1670. The van der Waals surface area contributed by atoms with Crippen molar-refractivity contribution in [2.45, 2.75) is 38.5 Å². The van der Waals surface area contributed by atoms with Gasteiger partial charge in [-0.2, -0.15) is 0 Å². The maximum Gasteiger partial charge on any atom is 0.155 e. The maximum absolute atomic E-state index is 5.62. The van der Waals surface area contributed by atoms with Gasteiger partial charge < -0.3 is 28.7 Å². The number of hydrogen-bond acceptors (Lipinski definition) is 6. The lowest BCUT2D eigenvalue weighted by atomic mass is 10.0. The lowest BCUT2D eigenvalue weighted by Gasteiger charge is -2.34. The first-order chi connectivity index (χ1) is 21.4. The molecule has 2 saturated heterocycles. The molecule has 0 atom stereocenters. The Morgan fingerprint density at radius 3 is 1.20 bits per heavy atom. The molecule has 7 rings (SSSR count). The molecular weight excluding hydrogens is 680 g/mol. The van der Waals surface area contributed by atoms with E-state index in [9.17, 15) is 0 Å². The Balaban J connectivity index is 1.70. The van der Waals surface area contributed by atoms with Crippen molar-refractivity contribution in [2.75, 3.05) is 74.0 Å². The van der Waals surface area contributed by atoms with Crippen molar-refractivity contribution in [2.24, 2.45) is 0 Å². The molecule has 0 amide bonds. The van der Waals surface area contributed by atoms with Crippen LogP contribution in [-0.2, 0) is 0 Å². The summed E-state index contributed by atoms with van der Waals surface area (Å²) in [6.45, 7) is 4.02. The molecule has 1 aromatic carbocycles. The van der Waals surface area contributed by atoms with E-state index in [0.29, 0.717) is 0 Å². The SMILES string of the molecule is CN(C)c1c(N2CCCCC2)nc2c(c(Br)c(Br)c3c(-n4cccc4)c(N(C)C)c(N4CCCCC4)nc32)c1-n1cccc1. The Hall–Kier alpha value is -3.24. The highest BCUT2D eigenvalue weighted by Gasteiger charge is 2.31. The van der Waals surface area contributed by atoms with Gasteiger partial charge in [0.1, 0.15) is 22.4 Å². The van der Waals surface area contributed by atoms with Gasteiger partial charge in [0.25, 0.3) is 0 Å². The Morgan fingerprint density at radius 2 is 0.886 bits per heavy atom. The van der Waals surface area contributed by atoms with Crippen LogP contribution in [0.4, 0.5) is 23.0 Å². The number of aromatic nitrogens is 4. The van der Waals surface area contributed by atoms with Crippen LogP contribution in [0.3, 0.4) is 0 Å². The minimum absolute atomic E-state index is 0.918. The van der Waals surface area contributed by atoms with Crippen molar-refractivity contribution in [3.05, 3.63) is 58.0 Å². The zero-order valence-corrected chi connectivity index (χ0v) is 29.2. The third kappa shape index (κ3) is 4.85. The van der Waals surface area contributed by atoms with E-state index < -0.39 is 0 Å². The van der Waals surface area contributed by atoms with Crippen molar-refractivity contribution in [3.63, 3.8) is 0 Å². The van der Waals surface area contributed by atoms with E-state index in [1.165, 1.54) is 38.5 Å². The van der Waals surface area contributed by atoms with E-state index in [-0.39, 0.29) is 0 Å². The molecule has 0 bridgehead atoms. The summed E-state index contributed by atoms with van der Waals surface area (Å²) in [6.07, 6.45) is 15.8. The molecule has 8 nitrogen and oxygen atoms in total. The second-order valence-corrected chi connectivity index (χ2v) is 14.0. The molecule has 2 fully saturated rings. The largest absolute Gasteiger partial charge is 0.373 e. The minimum atomic E-state index is 0.918. The number of pyridine rings is 2. The smallest absolute Gasteiger partial charge is 0.155 e. The summed E-state index contributed by atoms with van der Waals surface area (Å²) in [6, 6.07) is 8.37. The first-order valence-corrected chi connectivity index (χ1v) is 17.3. The number of anilines is 4. The highest BCUT2D eigenvalue weighted by atomic mass is 79.9. The van der Waals surface area contributed by atoms with Gasteiger partial charge >= 0.3 is 0 Å². The molecule has 0 saturated carbocycles. The summed E-state index contributed by atoms with van der Waals surface area (Å²) < 4.78 is 6.44. The molecule has 0 spiro atoms. The predicted octanol–water partition coefficient (Wildman–Crippen LogP) is 8.00. The summed E-state index contributed by atoms with van der Waals surface area (Å²) in [5.74, 6) is 2.06. The zero-order chi connectivity index (χ0) is 30.5. The third-order valence-electron chi connectivity index (χ3n) is 9.04. The second-order valence-electron chi connectivity index (χ2n) is 12.4. The Kier molecular flexibility index (Phi) is 7.99. The van der Waals surface area contributed by atoms with Crippen LogP contribution in [0.15, 0.2) is 58.0 Å². The standard InChI is InChI=1S/C34H40Br2N8/c1-39(2)31-29(41-15-11-12-16-41)23-25(35)26(36)24-28(27(23)37-33(31)43-19-7-5-8-20-43)38-34(44-21-9-6-10-22-44)32(40(3)4)30(24)42-17-13-14-18-42/h11-18H,5-10,19-22H2,1-4H3. The Morgan fingerprint density at radius 1 is 0.545 bits per heavy atom. The molecule has 0 unspecified atom stereocenters. The van der Waals surface area contributed by atoms with Gasteiger partial charge in [-0.25, -0.2) is 9.97 Å². The molecule has 0 aliphatic carbocycles.